The van der Waals surface area contributed by atoms with Crippen molar-refractivity contribution in [2.75, 3.05) is 0 Å². The second kappa shape index (κ2) is 11.9. The highest BCUT2D eigenvalue weighted by Crippen LogP contribution is 2.34. The second-order valence-corrected chi connectivity index (χ2v) is 11.9. The lowest BCUT2D eigenvalue weighted by molar-refractivity contribution is 1.02. The van der Waals surface area contributed by atoms with Gasteiger partial charge in [-0.15, -0.1) is 0 Å². The zero-order valence-corrected chi connectivity index (χ0v) is 25.6. The average Bonchev–Trinajstić information content (AvgIpc) is 3.08. The molecule has 44 heavy (non-hydrogen) atoms. The maximum Gasteiger partial charge on any atom is 0.0662 e. The second-order valence-electron chi connectivity index (χ2n) is 11.9. The van der Waals surface area contributed by atoms with Crippen LogP contribution in [0.15, 0.2) is 138 Å². The molecule has 0 unspecified atom stereocenters. The molecule has 5 aromatic rings. The predicted octanol–water partition coefficient (Wildman–Crippen LogP) is 10.4. The lowest BCUT2D eigenvalue weighted by Gasteiger charge is -2.18. The molecule has 0 aliphatic heterocycles. The van der Waals surface area contributed by atoms with E-state index in [0.29, 0.717) is 0 Å². The van der Waals surface area contributed by atoms with Gasteiger partial charge in [-0.1, -0.05) is 122 Å². The van der Waals surface area contributed by atoms with Crippen LogP contribution in [0.2, 0.25) is 0 Å². The monoisotopic (exact) mass is 567 g/mol. The van der Waals surface area contributed by atoms with Gasteiger partial charge in [0, 0.05) is 5.71 Å². The Hall–Kier alpha value is -5.01. The molecule has 2 aliphatic carbocycles. The predicted molar refractivity (Wildman–Crippen MR) is 191 cm³/mol. The molecule has 0 heterocycles. The van der Waals surface area contributed by atoms with E-state index in [9.17, 15) is 0 Å². The van der Waals surface area contributed by atoms with Crippen LogP contribution >= 0.6 is 0 Å². The van der Waals surface area contributed by atoms with Crippen LogP contribution < -0.4 is 10.4 Å². The van der Waals surface area contributed by atoms with Crippen molar-refractivity contribution in [3.63, 3.8) is 0 Å². The first-order chi connectivity index (χ1) is 21.6. The minimum atomic E-state index is 0.964. The fourth-order valence-electron chi connectivity index (χ4n) is 6.67. The molecule has 0 atom stereocenters. The summed E-state index contributed by atoms with van der Waals surface area (Å²) in [6, 6.07) is 35.4. The molecule has 214 valence electrons. The Morgan fingerprint density at radius 3 is 1.80 bits per heavy atom. The maximum absolute atomic E-state index is 4.96. The molecule has 7 rings (SSSR count). The van der Waals surface area contributed by atoms with Gasteiger partial charge in [0.05, 0.1) is 5.69 Å². The van der Waals surface area contributed by atoms with Gasteiger partial charge in [0.15, 0.2) is 0 Å². The lowest BCUT2D eigenvalue weighted by atomic mass is 9.86. The summed E-state index contributed by atoms with van der Waals surface area (Å²) in [7, 11) is 0. The van der Waals surface area contributed by atoms with Crippen LogP contribution in [0.4, 0.5) is 5.69 Å². The van der Waals surface area contributed by atoms with Crippen molar-refractivity contribution in [1.29, 1.82) is 0 Å². The van der Waals surface area contributed by atoms with Crippen molar-refractivity contribution in [2.24, 2.45) is 4.99 Å². The molecule has 0 amide bonds. The first-order valence-electron chi connectivity index (χ1n) is 15.7. The van der Waals surface area contributed by atoms with Crippen LogP contribution in [0.25, 0.3) is 56.3 Å². The van der Waals surface area contributed by atoms with Crippen LogP contribution in [0.5, 0.6) is 0 Å². The zero-order valence-electron chi connectivity index (χ0n) is 25.6. The Bertz CT molecular complexity index is 2120. The summed E-state index contributed by atoms with van der Waals surface area (Å²) in [6.07, 6.45) is 15.8. The van der Waals surface area contributed by atoms with Crippen molar-refractivity contribution >= 4 is 34.3 Å². The van der Waals surface area contributed by atoms with Crippen molar-refractivity contribution < 1.29 is 0 Å². The van der Waals surface area contributed by atoms with Crippen LogP contribution in [0, 0.1) is 6.92 Å². The SMILES string of the molecule is C=C(C1=CCCC=C1)C(C)=Nc1ccc(-c2ccc(-c3c4c(c(-c5ccccc5)c5ccccc35)=CCCC=4)cc2)cc1C. The summed E-state index contributed by atoms with van der Waals surface area (Å²) in [6.45, 7) is 8.52. The number of nitrogens with zero attached hydrogens (tertiary/aromatic N) is 1. The Balaban J connectivity index is 1.26. The van der Waals surface area contributed by atoms with Gasteiger partial charge in [0.1, 0.15) is 0 Å². The third kappa shape index (κ3) is 5.20. The lowest BCUT2D eigenvalue weighted by Crippen LogP contribution is -2.31. The van der Waals surface area contributed by atoms with Gasteiger partial charge in [-0.2, -0.15) is 0 Å². The third-order valence-corrected chi connectivity index (χ3v) is 8.99. The number of rotatable bonds is 6. The Morgan fingerprint density at radius 1 is 0.614 bits per heavy atom. The molecule has 0 saturated heterocycles. The average molecular weight is 568 g/mol. The van der Waals surface area contributed by atoms with E-state index in [-0.39, 0.29) is 0 Å². The molecule has 2 aliphatic rings. The van der Waals surface area contributed by atoms with E-state index in [1.165, 1.54) is 60.2 Å². The van der Waals surface area contributed by atoms with E-state index >= 15 is 0 Å². The molecule has 0 aromatic heterocycles. The van der Waals surface area contributed by atoms with E-state index in [1.807, 2.05) is 0 Å². The molecule has 0 radical (unpaired) electrons. The van der Waals surface area contributed by atoms with Crippen molar-refractivity contribution in [2.45, 2.75) is 39.5 Å². The molecular weight excluding hydrogens is 530 g/mol. The van der Waals surface area contributed by atoms with Gasteiger partial charge < -0.3 is 0 Å². The van der Waals surface area contributed by atoms with Gasteiger partial charge in [0.2, 0.25) is 0 Å². The molecule has 0 spiro atoms. The smallest absolute Gasteiger partial charge is 0.0662 e. The molecule has 1 heteroatoms. The zero-order chi connectivity index (χ0) is 30.0. The quantitative estimate of drug-likeness (QED) is 0.181. The molecule has 0 N–H and O–H groups in total. The fraction of sp³-hybridized carbons (Fsp3) is 0.140. The Kier molecular flexibility index (Phi) is 7.54. The number of aliphatic imine (C=N–C) groups is 1. The standard InChI is InChI=1S/C43H37N/c1-29-28-36(26-27-41(29)44-31(3)30(2)32-14-6-4-7-15-32)33-22-24-35(25-23-33)43-39-20-12-10-18-37(39)42(34-16-8-5-9-17-34)38-19-11-13-21-40(38)43/h5-6,8-10,12,14-28H,2,4,7,11,13H2,1,3H3. The van der Waals surface area contributed by atoms with Gasteiger partial charge in [0.25, 0.3) is 0 Å². The minimum absolute atomic E-state index is 0.964. The first-order valence-corrected chi connectivity index (χ1v) is 15.7. The van der Waals surface area contributed by atoms with E-state index in [1.54, 1.807) is 0 Å². The van der Waals surface area contributed by atoms with Crippen LogP contribution in [0.3, 0.4) is 0 Å². The summed E-state index contributed by atoms with van der Waals surface area (Å²) in [5.74, 6) is 0. The highest BCUT2D eigenvalue weighted by atomic mass is 14.7. The number of hydrogen-bond acceptors (Lipinski definition) is 1. The van der Waals surface area contributed by atoms with E-state index < -0.39 is 0 Å². The maximum atomic E-state index is 4.96. The number of benzene rings is 5. The molecule has 0 fully saturated rings. The van der Waals surface area contributed by atoms with Crippen molar-refractivity contribution in [3.05, 3.63) is 149 Å². The molecule has 0 saturated carbocycles. The molecular formula is C43H37N. The van der Waals surface area contributed by atoms with Crippen molar-refractivity contribution in [1.82, 2.24) is 0 Å². The summed E-state index contributed by atoms with van der Waals surface area (Å²) < 4.78 is 0. The summed E-state index contributed by atoms with van der Waals surface area (Å²) >= 11 is 0. The number of allylic oxidation sites excluding steroid dienone is 5. The van der Waals surface area contributed by atoms with Crippen LogP contribution in [-0.4, -0.2) is 5.71 Å². The van der Waals surface area contributed by atoms with Crippen LogP contribution in [-0.2, 0) is 0 Å². The topological polar surface area (TPSA) is 12.4 Å². The van der Waals surface area contributed by atoms with E-state index in [4.69, 9.17) is 4.99 Å². The van der Waals surface area contributed by atoms with Gasteiger partial charge in [-0.25, -0.2) is 0 Å². The van der Waals surface area contributed by atoms with E-state index in [0.717, 1.165) is 48.2 Å². The molecule has 5 aromatic carbocycles. The largest absolute Gasteiger partial charge is 0.253 e. The minimum Gasteiger partial charge on any atom is -0.253 e. The first kappa shape index (κ1) is 27.8. The molecule has 0 bridgehead atoms. The Labute approximate surface area is 260 Å². The molecule has 1 nitrogen and oxygen atoms in total. The Morgan fingerprint density at radius 2 is 1.18 bits per heavy atom. The van der Waals surface area contributed by atoms with Crippen LogP contribution in [0.1, 0.15) is 38.2 Å². The number of aryl methyl sites for hydroxylation is 1. The van der Waals surface area contributed by atoms with Gasteiger partial charge in [-0.3, -0.25) is 4.99 Å². The number of fused-ring (bicyclic) bond motifs is 2. The number of hydrogen-bond donors (Lipinski definition) is 0. The fourth-order valence-corrected chi connectivity index (χ4v) is 6.67. The van der Waals surface area contributed by atoms with Gasteiger partial charge >= 0.3 is 0 Å². The summed E-state index contributed by atoms with van der Waals surface area (Å²) in [5, 5.41) is 5.33. The highest BCUT2D eigenvalue weighted by Gasteiger charge is 2.16. The van der Waals surface area contributed by atoms with Crippen molar-refractivity contribution in [3.8, 4) is 33.4 Å². The summed E-state index contributed by atoms with van der Waals surface area (Å²) in [5.41, 5.74) is 12.9. The summed E-state index contributed by atoms with van der Waals surface area (Å²) in [4.78, 5) is 4.96. The van der Waals surface area contributed by atoms with E-state index in [2.05, 4.69) is 148 Å². The third-order valence-electron chi connectivity index (χ3n) is 8.99. The van der Waals surface area contributed by atoms with Gasteiger partial charge in [-0.05, 0) is 123 Å². The normalized spacial score (nSPS) is 14.4. The highest BCUT2D eigenvalue weighted by molar-refractivity contribution is 6.06.